The molecule has 18 heteroatoms. The van der Waals surface area contributed by atoms with Crippen LogP contribution < -0.4 is 10.5 Å². The number of imidazole rings is 2. The summed E-state index contributed by atoms with van der Waals surface area (Å²) < 4.78 is 36.0. The molecule has 0 aliphatic carbocycles. The predicted octanol–water partition coefficient (Wildman–Crippen LogP) is 1.92. The van der Waals surface area contributed by atoms with Crippen LogP contribution in [0.2, 0.25) is 0 Å². The van der Waals surface area contributed by atoms with Crippen molar-refractivity contribution >= 4 is 46.7 Å². The number of esters is 1. The Labute approximate surface area is 221 Å². The number of halogens is 1. The highest BCUT2D eigenvalue weighted by Crippen LogP contribution is 2.50. The molecule has 1 N–H and O–H groups in total. The van der Waals surface area contributed by atoms with E-state index in [0.717, 1.165) is 5.56 Å². The Kier molecular flexibility index (Phi) is 6.07. The fraction of sp³-hybridized carbons (Fsp3) is 0.300. The number of ether oxygens (including phenoxy) is 2. The van der Waals surface area contributed by atoms with Crippen LogP contribution in [-0.4, -0.2) is 61.4 Å². The highest BCUT2D eigenvalue weighted by atomic mass is 79.9. The van der Waals surface area contributed by atoms with Gasteiger partial charge in [0.25, 0.3) is 13.4 Å². The van der Waals surface area contributed by atoms with Gasteiger partial charge in [0.15, 0.2) is 28.2 Å². The summed E-state index contributed by atoms with van der Waals surface area (Å²) in [5, 5.41) is 3.17. The number of H-pyrrole nitrogens is 1. The lowest BCUT2D eigenvalue weighted by molar-refractivity contribution is -0.246. The maximum Gasteiger partial charge on any atom is 1.00 e. The lowest BCUT2D eigenvalue weighted by atomic mass is 10.1. The number of benzene rings is 1. The molecule has 0 spiro atoms. The smallest absolute Gasteiger partial charge is 0.756 e. The summed E-state index contributed by atoms with van der Waals surface area (Å²) in [4.78, 5) is 52.2. The summed E-state index contributed by atoms with van der Waals surface area (Å²) in [6, 6.07) is 9.31. The largest absolute Gasteiger partial charge is 1.00 e. The molecule has 2 saturated heterocycles. The Morgan fingerprint density at radius 1 is 1.39 bits per heavy atom. The van der Waals surface area contributed by atoms with Crippen molar-refractivity contribution in [3.05, 3.63) is 62.1 Å². The summed E-state index contributed by atoms with van der Waals surface area (Å²) >= 11 is 3.30. The molecule has 5 atom stereocenters. The number of azide groups is 1. The second-order valence-corrected chi connectivity index (χ2v) is 10.4. The van der Waals surface area contributed by atoms with Crippen LogP contribution in [0.3, 0.4) is 0 Å². The molecule has 3 aromatic heterocycles. The zero-order chi connectivity index (χ0) is 26.6. The van der Waals surface area contributed by atoms with Crippen molar-refractivity contribution in [3.63, 3.8) is 0 Å². The molecule has 2 fully saturated rings. The van der Waals surface area contributed by atoms with Crippen molar-refractivity contribution < 1.29 is 34.2 Å². The molecule has 2 aliphatic heterocycles. The first-order valence-corrected chi connectivity index (χ1v) is 13.2. The van der Waals surface area contributed by atoms with Crippen LogP contribution in [0.1, 0.15) is 7.65 Å². The van der Waals surface area contributed by atoms with Crippen molar-refractivity contribution in [2.45, 2.75) is 24.5 Å². The number of phosphoric acid groups is 1. The molecule has 196 valence electrons. The fourth-order valence-electron chi connectivity index (χ4n) is 4.42. The Morgan fingerprint density at radius 3 is 2.95 bits per heavy atom. The second-order valence-electron chi connectivity index (χ2n) is 8.29. The van der Waals surface area contributed by atoms with Gasteiger partial charge in [0.05, 0.1) is 12.3 Å². The quantitative estimate of drug-likeness (QED) is 0.0870. The Morgan fingerprint density at radius 2 is 2.18 bits per heavy atom. The van der Waals surface area contributed by atoms with E-state index in [9.17, 15) is 19.0 Å². The number of hydrogen-bond donors (Lipinski definition) is 1. The summed E-state index contributed by atoms with van der Waals surface area (Å²) in [7, 11) is -4.70. The predicted molar refractivity (Wildman–Crippen MR) is 130 cm³/mol. The minimum absolute atomic E-state index is 0. The van der Waals surface area contributed by atoms with Crippen molar-refractivity contribution in [2.24, 2.45) is 5.11 Å². The van der Waals surface area contributed by atoms with E-state index >= 15 is 0 Å². The number of nitrogens with one attached hydrogen (secondary N) is 1. The number of carbonyl (C=O) groups excluding carboxylic acids is 1. The molecule has 0 amide bonds. The van der Waals surface area contributed by atoms with Crippen molar-refractivity contribution in [3.8, 4) is 11.3 Å². The molecule has 2 aliphatic rings. The number of hydrogen-bond acceptors (Lipinski definition) is 11. The first-order valence-electron chi connectivity index (χ1n) is 11.0. The topological polar surface area (TPSA) is 211 Å². The molecule has 0 bridgehead atoms. The average Bonchev–Trinajstić information content (AvgIpc) is 3.57. The molecule has 0 radical (unpaired) electrons. The van der Waals surface area contributed by atoms with E-state index in [1.807, 2.05) is 30.3 Å². The van der Waals surface area contributed by atoms with Crippen molar-refractivity contribution in [1.82, 2.24) is 23.9 Å². The van der Waals surface area contributed by atoms with Crippen LogP contribution in [0.15, 0.2) is 51.2 Å². The number of nitrogens with zero attached hydrogens (tertiary/aromatic N) is 7. The van der Waals surface area contributed by atoms with Gasteiger partial charge in [-0.3, -0.25) is 18.7 Å². The number of aromatic amines is 1. The Bertz CT molecular complexity index is 1740. The summed E-state index contributed by atoms with van der Waals surface area (Å²) in [5.74, 6) is -0.753. The van der Waals surface area contributed by atoms with Gasteiger partial charge >= 0.3 is 7.40 Å². The SMILES string of the molecule is [H+].[N-]=[N+]=NCC(=O)OC1[C@@H]2OP(=O)([O-])OCC2O[C@H]1n1c(Br)nc2c(=O)n3cc(-c4ccccc4)[nH]c3nc21. The van der Waals surface area contributed by atoms with Gasteiger partial charge in [-0.15, -0.1) is 0 Å². The van der Waals surface area contributed by atoms with Gasteiger partial charge in [-0.1, -0.05) is 35.4 Å². The zero-order valence-corrected chi connectivity index (χ0v) is 21.4. The van der Waals surface area contributed by atoms with Crippen molar-refractivity contribution in [1.29, 1.82) is 0 Å². The molecular formula is C20H16BrN8O8P. The number of fused-ring (bicyclic) bond motifs is 3. The van der Waals surface area contributed by atoms with Crippen LogP contribution in [-0.2, 0) is 27.9 Å². The highest BCUT2D eigenvalue weighted by molar-refractivity contribution is 9.10. The van der Waals surface area contributed by atoms with Crippen LogP contribution >= 0.6 is 23.8 Å². The van der Waals surface area contributed by atoms with Gasteiger partial charge in [-0.2, -0.15) is 4.98 Å². The monoisotopic (exact) mass is 606 g/mol. The zero-order valence-electron chi connectivity index (χ0n) is 19.9. The maximum atomic E-state index is 13.3. The summed E-state index contributed by atoms with van der Waals surface area (Å²) in [6.07, 6.45) is -3.23. The van der Waals surface area contributed by atoms with E-state index in [1.165, 1.54) is 8.97 Å². The van der Waals surface area contributed by atoms with E-state index in [1.54, 1.807) is 6.20 Å². The maximum absolute atomic E-state index is 13.3. The molecule has 38 heavy (non-hydrogen) atoms. The molecule has 4 aromatic rings. The molecule has 0 saturated carbocycles. The molecule has 6 rings (SSSR count). The van der Waals surface area contributed by atoms with E-state index in [2.05, 4.69) is 40.9 Å². The van der Waals surface area contributed by atoms with Gasteiger partial charge in [-0.25, -0.2) is 9.38 Å². The molecular weight excluding hydrogens is 591 g/mol. The normalized spacial score (nSPS) is 26.8. The lowest BCUT2D eigenvalue weighted by Gasteiger charge is -2.35. The Hall–Kier alpha value is -3.56. The van der Waals surface area contributed by atoms with E-state index in [0.29, 0.717) is 5.69 Å². The van der Waals surface area contributed by atoms with Gasteiger partial charge in [0.1, 0.15) is 18.8 Å². The van der Waals surface area contributed by atoms with Gasteiger partial charge in [0, 0.05) is 11.1 Å². The lowest BCUT2D eigenvalue weighted by Crippen LogP contribution is -2.43. The average molecular weight is 607 g/mol. The molecule has 1 aromatic carbocycles. The number of phosphoric ester groups is 1. The third kappa shape index (κ3) is 4.19. The number of rotatable bonds is 5. The Balaban J connectivity index is 0.00000308. The van der Waals surface area contributed by atoms with Crippen LogP contribution in [0.5, 0.6) is 0 Å². The second kappa shape index (κ2) is 9.32. The van der Waals surface area contributed by atoms with Gasteiger partial charge in [-0.05, 0) is 27.0 Å². The summed E-state index contributed by atoms with van der Waals surface area (Å²) in [6.45, 7) is -1.05. The van der Waals surface area contributed by atoms with Crippen molar-refractivity contribution in [2.75, 3.05) is 13.2 Å². The first-order chi connectivity index (χ1) is 18.3. The van der Waals surface area contributed by atoms with Gasteiger partial charge in [0.2, 0.25) is 5.78 Å². The third-order valence-electron chi connectivity index (χ3n) is 6.01. The first kappa shape index (κ1) is 24.8. The van der Waals surface area contributed by atoms with Crippen LogP contribution in [0.4, 0.5) is 0 Å². The standard InChI is InChI=1S/C20H16BrN8O8P/c21-19-25-13-16(26-20-24-10(7-28(20)17(13)31)9-4-2-1-3-5-9)29(19)18-15(36-12(30)6-23-27-22)14-11(35-18)8-34-38(32,33)37-14/h1-5,7,11,14-15,18H,6,8H2,(H,24,26)(H,32,33)/t11?,14-,15?,18-/m1/s1. The van der Waals surface area contributed by atoms with Crippen LogP contribution in [0, 0.1) is 0 Å². The molecule has 3 unspecified atom stereocenters. The minimum atomic E-state index is -4.70. The summed E-state index contributed by atoms with van der Waals surface area (Å²) in [5.41, 5.74) is 9.53. The van der Waals surface area contributed by atoms with Crippen LogP contribution in [0.25, 0.3) is 38.6 Å². The van der Waals surface area contributed by atoms with E-state index < -0.39 is 57.0 Å². The molecule has 16 nitrogen and oxygen atoms in total. The van der Waals surface area contributed by atoms with E-state index in [-0.39, 0.29) is 23.1 Å². The number of aromatic nitrogens is 5. The van der Waals surface area contributed by atoms with Gasteiger partial charge < -0.3 is 28.4 Å². The third-order valence-corrected chi connectivity index (χ3v) is 7.54. The minimum Gasteiger partial charge on any atom is -0.756 e. The molecule has 5 heterocycles. The number of carbonyl (C=O) groups is 1. The fourth-order valence-corrected chi connectivity index (χ4v) is 5.91. The highest BCUT2D eigenvalue weighted by Gasteiger charge is 2.53. The van der Waals surface area contributed by atoms with E-state index in [4.69, 9.17) is 24.1 Å².